The average molecular weight is 211 g/mol. The van der Waals surface area contributed by atoms with Gasteiger partial charge in [-0.2, -0.15) is 0 Å². The van der Waals surface area contributed by atoms with Crippen LogP contribution in [0.3, 0.4) is 0 Å². The van der Waals surface area contributed by atoms with Crippen LogP contribution in [-0.4, -0.2) is 0 Å². The summed E-state index contributed by atoms with van der Waals surface area (Å²) in [6, 6.07) is 10.3. The zero-order valence-corrected chi connectivity index (χ0v) is 7.12. The van der Waals surface area contributed by atoms with Gasteiger partial charge in [0, 0.05) is 43.1 Å². The number of rotatable bonds is 1. The van der Waals surface area contributed by atoms with E-state index in [9.17, 15) is 0 Å². The normalized spacial score (nSPS) is 8.11. The minimum atomic E-state index is 0. The average Bonchev–Trinajstić information content (AvgIpc) is 1.90. The molecule has 0 aliphatic carbocycles. The zero-order chi connectivity index (χ0) is 5.82. The largest absolute Gasteiger partial charge is 0.0876 e. The zero-order valence-electron chi connectivity index (χ0n) is 4.83. The summed E-state index contributed by atoms with van der Waals surface area (Å²) in [5.41, 5.74) is 1.33. The van der Waals surface area contributed by atoms with E-state index in [-0.39, 0.29) is 37.7 Å². The second kappa shape index (κ2) is 5.72. The van der Waals surface area contributed by atoms with E-state index in [1.165, 1.54) is 5.56 Å². The Kier molecular flexibility index (Phi) is 6.33. The first-order valence-corrected chi connectivity index (χ1v) is 3.65. The fourth-order valence-electron chi connectivity index (χ4n) is 0.567. The van der Waals surface area contributed by atoms with E-state index in [4.69, 9.17) is 0 Å². The van der Waals surface area contributed by atoms with E-state index < -0.39 is 0 Å². The van der Waals surface area contributed by atoms with E-state index >= 15 is 0 Å². The minimum absolute atomic E-state index is 0. The van der Waals surface area contributed by atoms with Crippen molar-refractivity contribution in [3.63, 3.8) is 0 Å². The summed E-state index contributed by atoms with van der Waals surface area (Å²) in [5.74, 6) is 0. The van der Waals surface area contributed by atoms with Gasteiger partial charge in [-0.05, 0) is 5.56 Å². The molecule has 0 atom stereocenters. The third-order valence-electron chi connectivity index (χ3n) is 0.997. The third kappa shape index (κ3) is 3.61. The molecule has 0 nitrogen and oxygen atoms in total. The van der Waals surface area contributed by atoms with Crippen molar-refractivity contribution in [1.82, 2.24) is 0 Å². The summed E-state index contributed by atoms with van der Waals surface area (Å²) in [6.07, 6.45) is 0. The van der Waals surface area contributed by atoms with Crippen LogP contribution in [0.25, 0.3) is 0 Å². The fourth-order valence-corrected chi connectivity index (χ4v) is 0.941. The van der Waals surface area contributed by atoms with E-state index in [0.29, 0.717) is 0 Å². The molecule has 0 heterocycles. The summed E-state index contributed by atoms with van der Waals surface area (Å²) in [4.78, 5) is 0. The number of hydrogen-bond acceptors (Lipinski definition) is 0. The van der Waals surface area contributed by atoms with Gasteiger partial charge in [0.05, 0.1) is 0 Å². The van der Waals surface area contributed by atoms with Crippen molar-refractivity contribution >= 4 is 15.9 Å². The maximum Gasteiger partial charge on any atom is 0.0283 e. The molecule has 1 rings (SSSR count). The third-order valence-corrected chi connectivity index (χ3v) is 1.64. The Balaban J connectivity index is 0.000000640. The van der Waals surface area contributed by atoms with E-state index in [1.54, 1.807) is 0 Å². The first kappa shape index (κ1) is 9.96. The monoisotopic (exact) mass is 210 g/mol. The Morgan fingerprint density at radius 1 is 1.11 bits per heavy atom. The van der Waals surface area contributed by atoms with Crippen LogP contribution < -0.4 is 0 Å². The van der Waals surface area contributed by atoms with Gasteiger partial charge in [0.2, 0.25) is 0 Å². The van der Waals surface area contributed by atoms with Gasteiger partial charge in [-0.1, -0.05) is 46.3 Å². The second-order valence-electron chi connectivity index (χ2n) is 1.62. The molecule has 0 fully saturated rings. The first-order chi connectivity index (χ1) is 3.93. The molecule has 0 N–H and O–H groups in total. The van der Waals surface area contributed by atoms with Crippen LogP contribution in [0.4, 0.5) is 0 Å². The van der Waals surface area contributed by atoms with Crippen LogP contribution in [-0.2, 0) is 5.33 Å². The molecule has 0 spiro atoms. The van der Waals surface area contributed by atoms with Crippen LogP contribution in [0.1, 0.15) is 5.56 Å². The van der Waals surface area contributed by atoms with Gasteiger partial charge in [-0.25, -0.2) is 0 Å². The maximum atomic E-state index is 3.36. The predicted octanol–water partition coefficient (Wildman–Crippen LogP) is 2.58. The molecular formula is C7H7ArBr. The van der Waals surface area contributed by atoms with E-state index in [0.717, 1.165) is 5.33 Å². The topological polar surface area (TPSA) is 0 Å². The maximum absolute atomic E-state index is 3.36. The molecular weight excluding hydrogens is 204 g/mol. The smallest absolute Gasteiger partial charge is 0.0283 e. The summed E-state index contributed by atoms with van der Waals surface area (Å²) < 4.78 is 0. The number of benzene rings is 1. The quantitative estimate of drug-likeness (QED) is 0.626. The van der Waals surface area contributed by atoms with Crippen molar-refractivity contribution < 1.29 is 37.7 Å². The SMILES string of the molecule is BrCc1ccccc1.[Ar]. The molecule has 9 heavy (non-hydrogen) atoms. The Bertz CT molecular complexity index is 150. The van der Waals surface area contributed by atoms with Crippen molar-refractivity contribution in [3.8, 4) is 0 Å². The molecule has 2 heteroatoms. The number of halogens is 1. The molecule has 0 aliphatic rings. The molecule has 0 aliphatic heterocycles. The summed E-state index contributed by atoms with van der Waals surface area (Å²) in [6.45, 7) is 0. The molecule has 0 saturated carbocycles. The molecule has 0 amide bonds. The van der Waals surface area contributed by atoms with E-state index in [1.807, 2.05) is 18.2 Å². The first-order valence-electron chi connectivity index (χ1n) is 2.53. The molecule has 1 aromatic carbocycles. The molecule has 0 bridgehead atoms. The number of hydrogen-bond donors (Lipinski definition) is 0. The molecule has 1 aromatic rings. The van der Waals surface area contributed by atoms with Gasteiger partial charge in [0.15, 0.2) is 0 Å². The molecule has 0 unspecified atom stereocenters. The van der Waals surface area contributed by atoms with Crippen LogP contribution >= 0.6 is 15.9 Å². The van der Waals surface area contributed by atoms with Gasteiger partial charge in [-0.3, -0.25) is 0 Å². The number of alkyl halides is 1. The van der Waals surface area contributed by atoms with Crippen molar-refractivity contribution in [2.45, 2.75) is 5.33 Å². The van der Waals surface area contributed by atoms with Crippen molar-refractivity contribution in [2.24, 2.45) is 0 Å². The Morgan fingerprint density at radius 2 is 1.67 bits per heavy atom. The summed E-state index contributed by atoms with van der Waals surface area (Å²) >= 11 is 3.36. The molecule has 0 radical (unpaired) electrons. The van der Waals surface area contributed by atoms with Crippen molar-refractivity contribution in [1.29, 1.82) is 0 Å². The van der Waals surface area contributed by atoms with Crippen LogP contribution in [0.2, 0.25) is 0 Å². The van der Waals surface area contributed by atoms with Crippen molar-refractivity contribution in [2.75, 3.05) is 0 Å². The van der Waals surface area contributed by atoms with Gasteiger partial charge < -0.3 is 0 Å². The Hall–Kier alpha value is 0.960. The van der Waals surface area contributed by atoms with Crippen LogP contribution in [0, 0.1) is 37.7 Å². The van der Waals surface area contributed by atoms with Gasteiger partial charge in [0.1, 0.15) is 0 Å². The van der Waals surface area contributed by atoms with Gasteiger partial charge in [0.25, 0.3) is 0 Å². The summed E-state index contributed by atoms with van der Waals surface area (Å²) in [7, 11) is 0. The summed E-state index contributed by atoms with van der Waals surface area (Å²) in [5, 5.41) is 0.952. The van der Waals surface area contributed by atoms with Gasteiger partial charge >= 0.3 is 0 Å². The fraction of sp³-hybridized carbons (Fsp3) is 0.143. The van der Waals surface area contributed by atoms with Crippen LogP contribution in [0.5, 0.6) is 0 Å². The molecule has 50 valence electrons. The Morgan fingerprint density at radius 3 is 2.00 bits per heavy atom. The molecule has 0 saturated heterocycles. The van der Waals surface area contributed by atoms with Crippen molar-refractivity contribution in [3.05, 3.63) is 35.9 Å². The predicted molar refractivity (Wildman–Crippen MR) is 39.1 cm³/mol. The Labute approximate surface area is 93.8 Å². The minimum Gasteiger partial charge on any atom is -0.0876 e. The van der Waals surface area contributed by atoms with Gasteiger partial charge in [-0.15, -0.1) is 0 Å². The second-order valence-corrected chi connectivity index (χ2v) is 2.18. The van der Waals surface area contributed by atoms with Crippen LogP contribution in [0.15, 0.2) is 30.3 Å². The standard InChI is InChI=1S/C7H7Br.Ar/c8-6-7-4-2-1-3-5-7;/h1-5H,6H2;. The molecule has 0 aromatic heterocycles. The van der Waals surface area contributed by atoms with E-state index in [2.05, 4.69) is 28.1 Å².